The zero-order valence-electron chi connectivity index (χ0n) is 11.5. The van der Waals surface area contributed by atoms with Gasteiger partial charge in [-0.2, -0.15) is 0 Å². The van der Waals surface area contributed by atoms with Crippen molar-refractivity contribution in [2.75, 3.05) is 18.5 Å². The first-order valence-electron chi connectivity index (χ1n) is 5.96. The maximum atomic E-state index is 11.6. The van der Waals surface area contributed by atoms with Crippen LogP contribution in [0, 0.1) is 13.8 Å². The van der Waals surface area contributed by atoms with Gasteiger partial charge >= 0.3 is 12.0 Å². The molecule has 0 aromatic heterocycles. The van der Waals surface area contributed by atoms with E-state index in [1.54, 1.807) is 12.1 Å². The fourth-order valence-corrected chi connectivity index (χ4v) is 1.80. The van der Waals surface area contributed by atoms with Crippen molar-refractivity contribution < 1.29 is 24.2 Å². The Kier molecular flexibility index (Phi) is 6.32. The van der Waals surface area contributed by atoms with Crippen molar-refractivity contribution in [3.63, 3.8) is 0 Å². The summed E-state index contributed by atoms with van der Waals surface area (Å²) >= 11 is 3.41. The number of urea groups is 1. The van der Waals surface area contributed by atoms with Crippen molar-refractivity contribution >= 4 is 39.5 Å². The van der Waals surface area contributed by atoms with E-state index in [1.165, 1.54) is 0 Å². The molecule has 0 fully saturated rings. The Morgan fingerprint density at radius 2 is 1.76 bits per heavy atom. The number of amides is 3. The standard InChI is InChI=1S/C13H15BrN2O5/c1-7-3-9(4-8(2)12(7)14)15-13(20)16-10(17)5-21-6-11(18)19/h3-4H,5-6H2,1-2H3,(H,18,19)(H2,15,16,17,20). The Morgan fingerprint density at radius 3 is 2.29 bits per heavy atom. The van der Waals surface area contributed by atoms with Crippen LogP contribution >= 0.6 is 15.9 Å². The number of ether oxygens (including phenoxy) is 1. The summed E-state index contributed by atoms with van der Waals surface area (Å²) in [6.07, 6.45) is 0. The third-order valence-corrected chi connectivity index (χ3v) is 3.66. The number of anilines is 1. The van der Waals surface area contributed by atoms with Crippen LogP contribution in [0.2, 0.25) is 0 Å². The van der Waals surface area contributed by atoms with Crippen LogP contribution in [0.3, 0.4) is 0 Å². The van der Waals surface area contributed by atoms with E-state index in [0.29, 0.717) is 5.69 Å². The summed E-state index contributed by atoms with van der Waals surface area (Å²) in [5, 5.41) is 12.9. The number of hydrogen-bond acceptors (Lipinski definition) is 4. The molecule has 3 N–H and O–H groups in total. The van der Waals surface area contributed by atoms with E-state index in [-0.39, 0.29) is 0 Å². The summed E-state index contributed by atoms with van der Waals surface area (Å²) in [4.78, 5) is 33.1. The third-order valence-electron chi connectivity index (χ3n) is 2.41. The molecular weight excluding hydrogens is 344 g/mol. The van der Waals surface area contributed by atoms with Crippen LogP contribution in [0.25, 0.3) is 0 Å². The zero-order chi connectivity index (χ0) is 16.0. The van der Waals surface area contributed by atoms with Gasteiger partial charge in [0, 0.05) is 10.2 Å². The van der Waals surface area contributed by atoms with Gasteiger partial charge in [0.15, 0.2) is 0 Å². The highest BCUT2D eigenvalue weighted by Crippen LogP contribution is 2.24. The topological polar surface area (TPSA) is 105 Å². The van der Waals surface area contributed by atoms with Crippen LogP contribution in [0.5, 0.6) is 0 Å². The molecule has 0 heterocycles. The summed E-state index contributed by atoms with van der Waals surface area (Å²) in [6.45, 7) is 2.66. The SMILES string of the molecule is Cc1cc(NC(=O)NC(=O)COCC(=O)O)cc(C)c1Br. The normalized spacial score (nSPS) is 10.0. The highest BCUT2D eigenvalue weighted by molar-refractivity contribution is 9.10. The number of rotatable bonds is 5. The van der Waals surface area contributed by atoms with Gasteiger partial charge in [0.05, 0.1) is 0 Å². The first-order chi connectivity index (χ1) is 9.79. The van der Waals surface area contributed by atoms with Crippen molar-refractivity contribution in [1.29, 1.82) is 0 Å². The third kappa shape index (κ3) is 5.92. The van der Waals surface area contributed by atoms with Crippen LogP contribution in [0.1, 0.15) is 11.1 Å². The zero-order valence-corrected chi connectivity index (χ0v) is 13.1. The number of carboxylic acid groups (broad SMARTS) is 1. The summed E-state index contributed by atoms with van der Waals surface area (Å²) < 4.78 is 5.51. The predicted octanol–water partition coefficient (Wildman–Crippen LogP) is 1.82. The lowest BCUT2D eigenvalue weighted by Gasteiger charge is -2.10. The minimum Gasteiger partial charge on any atom is -0.480 e. The van der Waals surface area contributed by atoms with Gasteiger partial charge in [-0.15, -0.1) is 0 Å². The molecule has 21 heavy (non-hydrogen) atoms. The summed E-state index contributed by atoms with van der Waals surface area (Å²) in [6, 6.07) is 2.80. The highest BCUT2D eigenvalue weighted by atomic mass is 79.9. The number of halogens is 1. The number of aryl methyl sites for hydroxylation is 2. The number of hydrogen-bond donors (Lipinski definition) is 3. The van der Waals surface area contributed by atoms with Crippen LogP contribution in [-0.4, -0.2) is 36.2 Å². The van der Waals surface area contributed by atoms with Gasteiger partial charge in [-0.3, -0.25) is 10.1 Å². The minimum atomic E-state index is -1.19. The number of carbonyl (C=O) groups is 3. The number of imide groups is 1. The monoisotopic (exact) mass is 358 g/mol. The van der Waals surface area contributed by atoms with E-state index in [1.807, 2.05) is 19.2 Å². The van der Waals surface area contributed by atoms with E-state index in [4.69, 9.17) is 5.11 Å². The molecule has 3 amide bonds. The Labute approximate surface area is 129 Å². The lowest BCUT2D eigenvalue weighted by Crippen LogP contribution is -2.37. The van der Waals surface area contributed by atoms with Crippen molar-refractivity contribution in [2.24, 2.45) is 0 Å². The highest BCUT2D eigenvalue weighted by Gasteiger charge is 2.10. The van der Waals surface area contributed by atoms with Crippen molar-refractivity contribution in [3.05, 3.63) is 27.7 Å². The first kappa shape index (κ1) is 17.1. The number of aliphatic carboxylic acids is 1. The Morgan fingerprint density at radius 1 is 1.19 bits per heavy atom. The molecule has 114 valence electrons. The molecule has 0 aliphatic heterocycles. The minimum absolute atomic E-state index is 0.502. The number of carbonyl (C=O) groups excluding carboxylic acids is 2. The van der Waals surface area contributed by atoms with E-state index < -0.39 is 31.1 Å². The smallest absolute Gasteiger partial charge is 0.329 e. The molecule has 0 aliphatic carbocycles. The Bertz CT molecular complexity index is 551. The van der Waals surface area contributed by atoms with Crippen LogP contribution in [0.15, 0.2) is 16.6 Å². The van der Waals surface area contributed by atoms with Crippen LogP contribution in [0.4, 0.5) is 10.5 Å². The fraction of sp³-hybridized carbons (Fsp3) is 0.308. The molecule has 0 unspecified atom stereocenters. The molecule has 0 saturated heterocycles. The van der Waals surface area contributed by atoms with Crippen LogP contribution in [-0.2, 0) is 14.3 Å². The summed E-state index contributed by atoms with van der Waals surface area (Å²) in [7, 11) is 0. The molecule has 0 aliphatic rings. The molecule has 1 aromatic rings. The molecule has 1 rings (SSSR count). The van der Waals surface area contributed by atoms with Gasteiger partial charge in [0.25, 0.3) is 5.91 Å². The molecular formula is C13H15BrN2O5. The second-order valence-corrected chi connectivity index (χ2v) is 5.11. The van der Waals surface area contributed by atoms with Crippen molar-refractivity contribution in [3.8, 4) is 0 Å². The molecule has 7 nitrogen and oxygen atoms in total. The fourth-order valence-electron chi connectivity index (χ4n) is 1.57. The molecule has 0 spiro atoms. The Balaban J connectivity index is 2.50. The molecule has 8 heteroatoms. The molecule has 0 radical (unpaired) electrons. The van der Waals surface area contributed by atoms with Gasteiger partial charge < -0.3 is 15.2 Å². The van der Waals surface area contributed by atoms with Crippen LogP contribution < -0.4 is 10.6 Å². The second-order valence-electron chi connectivity index (χ2n) is 4.31. The predicted molar refractivity (Wildman–Crippen MR) is 79.2 cm³/mol. The van der Waals surface area contributed by atoms with Gasteiger partial charge in [0.1, 0.15) is 13.2 Å². The summed E-state index contributed by atoms with van der Waals surface area (Å²) in [5.41, 5.74) is 2.44. The van der Waals surface area contributed by atoms with Gasteiger partial charge in [-0.25, -0.2) is 9.59 Å². The summed E-state index contributed by atoms with van der Waals surface area (Å²) in [5.74, 6) is -1.91. The van der Waals surface area contributed by atoms with Gasteiger partial charge in [0.2, 0.25) is 0 Å². The maximum Gasteiger partial charge on any atom is 0.329 e. The van der Waals surface area contributed by atoms with E-state index in [0.717, 1.165) is 15.6 Å². The van der Waals surface area contributed by atoms with E-state index in [2.05, 4.69) is 26.0 Å². The van der Waals surface area contributed by atoms with Gasteiger partial charge in [-0.1, -0.05) is 15.9 Å². The molecule has 1 aromatic carbocycles. The van der Waals surface area contributed by atoms with E-state index >= 15 is 0 Å². The lowest BCUT2D eigenvalue weighted by molar-refractivity contribution is -0.143. The first-order valence-corrected chi connectivity index (χ1v) is 6.76. The Hall–Kier alpha value is -1.93. The number of benzene rings is 1. The maximum absolute atomic E-state index is 11.6. The molecule has 0 atom stereocenters. The quantitative estimate of drug-likeness (QED) is 0.744. The lowest BCUT2D eigenvalue weighted by atomic mass is 10.1. The average Bonchev–Trinajstić information content (AvgIpc) is 2.35. The van der Waals surface area contributed by atoms with Crippen molar-refractivity contribution in [1.82, 2.24) is 5.32 Å². The van der Waals surface area contributed by atoms with Gasteiger partial charge in [-0.05, 0) is 37.1 Å². The molecule has 0 bridgehead atoms. The van der Waals surface area contributed by atoms with Crippen molar-refractivity contribution in [2.45, 2.75) is 13.8 Å². The number of carboxylic acids is 1. The number of nitrogens with one attached hydrogen (secondary N) is 2. The largest absolute Gasteiger partial charge is 0.480 e. The molecule has 0 saturated carbocycles. The van der Waals surface area contributed by atoms with E-state index in [9.17, 15) is 14.4 Å². The second kappa shape index (κ2) is 7.75. The average molecular weight is 359 g/mol.